The molecule has 8 rings (SSSR count). The average Bonchev–Trinajstić information content (AvgIpc) is 3.95. The van der Waals surface area contributed by atoms with Gasteiger partial charge in [-0.3, -0.25) is 4.90 Å². The molecule has 4 nitrogen and oxygen atoms in total. The number of ether oxygens (including phenoxy) is 1. The molecular weight excluding hydrogens is 578 g/mol. The molecule has 4 atom stereocenters. The molecule has 1 aliphatic heterocycles. The van der Waals surface area contributed by atoms with Gasteiger partial charge in [0.1, 0.15) is 12.4 Å². The van der Waals surface area contributed by atoms with Crippen molar-refractivity contribution in [3.05, 3.63) is 125 Å². The number of alkyl halides is 2. The smallest absolute Gasteiger partial charge is 0.161 e. The summed E-state index contributed by atoms with van der Waals surface area (Å²) in [6.45, 7) is 4.24. The van der Waals surface area contributed by atoms with Gasteiger partial charge in [0.25, 0.3) is 0 Å². The molecule has 1 saturated heterocycles. The van der Waals surface area contributed by atoms with E-state index < -0.39 is 18.4 Å². The van der Waals surface area contributed by atoms with Crippen LogP contribution in [0.3, 0.4) is 0 Å². The van der Waals surface area contributed by atoms with E-state index in [1.54, 1.807) is 6.07 Å². The third kappa shape index (κ3) is 5.57. The van der Waals surface area contributed by atoms with Gasteiger partial charge in [-0.1, -0.05) is 78.9 Å². The van der Waals surface area contributed by atoms with Gasteiger partial charge >= 0.3 is 0 Å². The molecule has 3 unspecified atom stereocenters. The molecule has 5 aromatic carbocycles. The van der Waals surface area contributed by atoms with E-state index in [1.807, 2.05) is 60.7 Å². The highest BCUT2D eigenvalue weighted by Gasteiger charge is 2.42. The first kappa shape index (κ1) is 29.6. The average molecular weight is 619 g/mol. The van der Waals surface area contributed by atoms with Crippen molar-refractivity contribution < 1.29 is 18.6 Å². The first-order valence-electron chi connectivity index (χ1n) is 16.7. The van der Waals surface area contributed by atoms with E-state index in [-0.39, 0.29) is 12.6 Å². The van der Waals surface area contributed by atoms with E-state index in [4.69, 9.17) is 4.74 Å². The number of nitrogens with zero attached hydrogens (tertiary/aromatic N) is 2. The third-order valence-electron chi connectivity index (χ3n) is 10.3. The molecule has 5 aromatic rings. The number of aliphatic hydroxyl groups excluding tert-OH is 1. The highest BCUT2D eigenvalue weighted by atomic mass is 19.2. The van der Waals surface area contributed by atoms with Gasteiger partial charge in [-0.15, -0.1) is 0 Å². The Morgan fingerprint density at radius 3 is 2.13 bits per heavy atom. The standard InChI is InChI=1S/C40H40F2N2O2/c41-38-32-10-3-4-11-33(32)40(34-13-6-12-31(26-15-16-26)37(34)39(38)42)44-21-19-43(20-22-44)18-17-30(45)25-46-36-14-5-9-29-23-27-7-1-2-8-28(27)24-35(29)36/h1-14,23-24,26,30,38-40,45H,15-22,25H2/t30-,38?,39?,40?/m1/s1. The Labute approximate surface area is 269 Å². The summed E-state index contributed by atoms with van der Waals surface area (Å²) in [6.07, 6.45) is -1.20. The van der Waals surface area contributed by atoms with Crippen molar-refractivity contribution in [3.8, 4) is 5.75 Å². The number of piperazine rings is 1. The van der Waals surface area contributed by atoms with Crippen molar-refractivity contribution in [2.45, 2.75) is 49.7 Å². The second kappa shape index (κ2) is 12.4. The van der Waals surface area contributed by atoms with Crippen LogP contribution in [0.1, 0.15) is 71.4 Å². The number of hydrogen-bond acceptors (Lipinski definition) is 4. The van der Waals surface area contributed by atoms with Gasteiger partial charge in [0, 0.05) is 38.1 Å². The number of benzene rings is 5. The maximum Gasteiger partial charge on any atom is 0.161 e. The van der Waals surface area contributed by atoms with Crippen molar-refractivity contribution in [1.29, 1.82) is 0 Å². The molecular formula is C40H40F2N2O2. The SMILES string of the molecule is O[C@H](CCN1CCN(C2c3ccccc3C(F)C(F)c3c(C4CC4)cccc32)CC1)COc1cccc2cc3ccccc3cc12. The molecule has 2 fully saturated rings. The molecule has 2 aliphatic carbocycles. The zero-order chi connectivity index (χ0) is 31.2. The second-order valence-corrected chi connectivity index (χ2v) is 13.3. The first-order chi connectivity index (χ1) is 22.5. The van der Waals surface area contributed by atoms with Crippen LogP contribution in [0.4, 0.5) is 8.78 Å². The summed E-state index contributed by atoms with van der Waals surface area (Å²) in [6, 6.07) is 32.1. The number of rotatable bonds is 8. The van der Waals surface area contributed by atoms with Crippen LogP contribution in [0.2, 0.25) is 0 Å². The highest BCUT2D eigenvalue weighted by molar-refractivity contribution is 6.00. The summed E-state index contributed by atoms with van der Waals surface area (Å²) in [4.78, 5) is 4.78. The lowest BCUT2D eigenvalue weighted by Gasteiger charge is -2.40. The van der Waals surface area contributed by atoms with Crippen LogP contribution < -0.4 is 4.74 Å². The molecule has 236 valence electrons. The zero-order valence-corrected chi connectivity index (χ0v) is 26.0. The van der Waals surface area contributed by atoms with E-state index in [0.717, 1.165) is 78.8 Å². The van der Waals surface area contributed by atoms with Gasteiger partial charge in [0.05, 0.1) is 12.1 Å². The van der Waals surface area contributed by atoms with Gasteiger partial charge in [-0.2, -0.15) is 0 Å². The molecule has 0 amide bonds. The Bertz CT molecular complexity index is 1870. The van der Waals surface area contributed by atoms with Crippen LogP contribution in [0, 0.1) is 0 Å². The molecule has 0 bridgehead atoms. The maximum atomic E-state index is 16.0. The van der Waals surface area contributed by atoms with E-state index in [1.165, 1.54) is 10.8 Å². The van der Waals surface area contributed by atoms with Crippen molar-refractivity contribution in [2.75, 3.05) is 39.3 Å². The maximum absolute atomic E-state index is 16.0. The van der Waals surface area contributed by atoms with Gasteiger partial charge in [-0.05, 0) is 87.4 Å². The van der Waals surface area contributed by atoms with Crippen molar-refractivity contribution in [3.63, 3.8) is 0 Å². The number of halogens is 2. The fraction of sp³-hybridized carbons (Fsp3) is 0.350. The fourth-order valence-electron chi connectivity index (χ4n) is 7.69. The fourth-order valence-corrected chi connectivity index (χ4v) is 7.69. The van der Waals surface area contributed by atoms with Gasteiger partial charge < -0.3 is 14.7 Å². The first-order valence-corrected chi connectivity index (χ1v) is 16.7. The minimum absolute atomic E-state index is 0.178. The Morgan fingerprint density at radius 1 is 0.696 bits per heavy atom. The lowest BCUT2D eigenvalue weighted by Crippen LogP contribution is -2.48. The van der Waals surface area contributed by atoms with E-state index in [2.05, 4.69) is 40.1 Å². The van der Waals surface area contributed by atoms with Crippen LogP contribution in [0.15, 0.2) is 97.1 Å². The number of aliphatic hydroxyl groups is 1. The number of hydrogen-bond donors (Lipinski definition) is 1. The summed E-state index contributed by atoms with van der Waals surface area (Å²) in [7, 11) is 0. The lowest BCUT2D eigenvalue weighted by atomic mass is 9.89. The Kier molecular flexibility index (Phi) is 7.97. The van der Waals surface area contributed by atoms with E-state index in [0.29, 0.717) is 23.5 Å². The van der Waals surface area contributed by atoms with Gasteiger partial charge in [0.2, 0.25) is 0 Å². The summed E-state index contributed by atoms with van der Waals surface area (Å²) in [5.74, 6) is 1.13. The quantitative estimate of drug-likeness (QED) is 0.177. The monoisotopic (exact) mass is 618 g/mol. The largest absolute Gasteiger partial charge is 0.490 e. The zero-order valence-electron chi connectivity index (χ0n) is 26.0. The predicted octanol–water partition coefficient (Wildman–Crippen LogP) is 8.44. The predicted molar refractivity (Wildman–Crippen MR) is 180 cm³/mol. The Hall–Kier alpha value is -3.84. The van der Waals surface area contributed by atoms with Crippen molar-refractivity contribution in [1.82, 2.24) is 9.80 Å². The summed E-state index contributed by atoms with van der Waals surface area (Å²) >= 11 is 0. The minimum atomic E-state index is -1.67. The second-order valence-electron chi connectivity index (χ2n) is 13.3. The van der Waals surface area contributed by atoms with Crippen LogP contribution >= 0.6 is 0 Å². The molecule has 1 heterocycles. The molecule has 1 N–H and O–H groups in total. The topological polar surface area (TPSA) is 35.9 Å². The van der Waals surface area contributed by atoms with Crippen LogP contribution in [0.25, 0.3) is 21.5 Å². The van der Waals surface area contributed by atoms with Crippen LogP contribution in [-0.2, 0) is 0 Å². The third-order valence-corrected chi connectivity index (χ3v) is 10.3. The molecule has 0 spiro atoms. The highest BCUT2D eigenvalue weighted by Crippen LogP contribution is 2.53. The van der Waals surface area contributed by atoms with E-state index in [9.17, 15) is 5.11 Å². The molecule has 1 saturated carbocycles. The van der Waals surface area contributed by atoms with Crippen molar-refractivity contribution in [2.24, 2.45) is 0 Å². The molecule has 3 aliphatic rings. The Balaban J connectivity index is 0.929. The van der Waals surface area contributed by atoms with Crippen LogP contribution in [0.5, 0.6) is 5.75 Å². The molecule has 6 heteroatoms. The summed E-state index contributed by atoms with van der Waals surface area (Å²) < 4.78 is 38.0. The lowest BCUT2D eigenvalue weighted by molar-refractivity contribution is 0.0680. The molecule has 0 aromatic heterocycles. The van der Waals surface area contributed by atoms with Gasteiger partial charge in [-0.25, -0.2) is 8.78 Å². The molecule has 46 heavy (non-hydrogen) atoms. The summed E-state index contributed by atoms with van der Waals surface area (Å²) in [5, 5.41) is 15.4. The van der Waals surface area contributed by atoms with E-state index >= 15 is 8.78 Å². The normalized spacial score (nSPS) is 22.7. The molecule has 0 radical (unpaired) electrons. The number of fused-ring (bicyclic) bond motifs is 4. The summed E-state index contributed by atoms with van der Waals surface area (Å²) in [5.41, 5.74) is 3.86. The minimum Gasteiger partial charge on any atom is -0.490 e. The van der Waals surface area contributed by atoms with Gasteiger partial charge in [0.15, 0.2) is 12.3 Å². The van der Waals surface area contributed by atoms with Crippen molar-refractivity contribution >= 4 is 21.5 Å². The van der Waals surface area contributed by atoms with Crippen LogP contribution in [-0.4, -0.2) is 60.3 Å². The Morgan fingerprint density at radius 2 is 1.35 bits per heavy atom.